The van der Waals surface area contributed by atoms with Crippen LogP contribution < -0.4 is 5.32 Å². The number of benzene rings is 2. The van der Waals surface area contributed by atoms with E-state index in [2.05, 4.69) is 5.32 Å². The highest BCUT2D eigenvalue weighted by Gasteiger charge is 2.10. The summed E-state index contributed by atoms with van der Waals surface area (Å²) in [5, 5.41) is 2.55. The van der Waals surface area contributed by atoms with Gasteiger partial charge in [-0.1, -0.05) is 30.3 Å². The molecule has 0 atom stereocenters. The van der Waals surface area contributed by atoms with E-state index < -0.39 is 18.5 Å². The Morgan fingerprint density at radius 3 is 2.46 bits per heavy atom. The quantitative estimate of drug-likeness (QED) is 0.624. The Morgan fingerprint density at radius 2 is 1.79 bits per heavy atom. The summed E-state index contributed by atoms with van der Waals surface area (Å²) >= 11 is 0. The van der Waals surface area contributed by atoms with E-state index in [1.807, 2.05) is 0 Å². The zero-order valence-electron chi connectivity index (χ0n) is 12.8. The zero-order valence-corrected chi connectivity index (χ0v) is 12.8. The number of amides is 1. The average Bonchev–Trinajstić information content (AvgIpc) is 2.61. The Balaban J connectivity index is 1.73. The van der Waals surface area contributed by atoms with Crippen molar-refractivity contribution >= 4 is 18.2 Å². The number of ether oxygens (including phenoxy) is 1. The molecule has 0 radical (unpaired) electrons. The number of halogens is 1. The molecule has 1 N–H and O–H groups in total. The third-order valence-electron chi connectivity index (χ3n) is 3.29. The smallest absolute Gasteiger partial charge is 0.338 e. The first-order chi connectivity index (χ1) is 11.6. The predicted molar refractivity (Wildman–Crippen MR) is 85.2 cm³/mol. The first kappa shape index (κ1) is 17.3. The molecule has 0 spiro atoms. The van der Waals surface area contributed by atoms with Gasteiger partial charge in [-0.25, -0.2) is 9.18 Å². The third-order valence-corrected chi connectivity index (χ3v) is 3.29. The molecule has 6 heteroatoms. The highest BCUT2D eigenvalue weighted by atomic mass is 19.1. The molecule has 124 valence electrons. The molecular weight excluding hydrogens is 313 g/mol. The van der Waals surface area contributed by atoms with Crippen LogP contribution in [-0.4, -0.2) is 31.3 Å². The highest BCUT2D eigenvalue weighted by Crippen LogP contribution is 2.06. The van der Waals surface area contributed by atoms with Crippen molar-refractivity contribution in [3.05, 3.63) is 71.0 Å². The number of aldehydes is 1. The van der Waals surface area contributed by atoms with Crippen molar-refractivity contribution in [3.63, 3.8) is 0 Å². The van der Waals surface area contributed by atoms with E-state index in [9.17, 15) is 18.8 Å². The number of esters is 1. The fourth-order valence-corrected chi connectivity index (χ4v) is 2.00. The zero-order chi connectivity index (χ0) is 17.4. The van der Waals surface area contributed by atoms with Crippen molar-refractivity contribution in [1.29, 1.82) is 0 Å². The van der Waals surface area contributed by atoms with Crippen LogP contribution in [0.4, 0.5) is 4.39 Å². The maximum Gasteiger partial charge on any atom is 0.338 e. The SMILES string of the molecule is O=Cc1ccc(C(=O)OCC(=O)NCCc2ccccc2F)cc1. The number of nitrogens with one attached hydrogen (secondary N) is 1. The minimum absolute atomic E-state index is 0.241. The number of rotatable bonds is 7. The van der Waals surface area contributed by atoms with E-state index in [0.29, 0.717) is 23.8 Å². The number of hydrogen-bond acceptors (Lipinski definition) is 4. The van der Waals surface area contributed by atoms with Gasteiger partial charge in [-0.05, 0) is 30.2 Å². The summed E-state index contributed by atoms with van der Waals surface area (Å²) in [4.78, 5) is 33.9. The predicted octanol–water partition coefficient (Wildman–Crippen LogP) is 2.15. The second-order valence-corrected chi connectivity index (χ2v) is 5.01. The van der Waals surface area contributed by atoms with Gasteiger partial charge in [-0.2, -0.15) is 0 Å². The van der Waals surface area contributed by atoms with Gasteiger partial charge in [-0.3, -0.25) is 9.59 Å². The van der Waals surface area contributed by atoms with Gasteiger partial charge in [0.15, 0.2) is 6.61 Å². The summed E-state index contributed by atoms with van der Waals surface area (Å²) in [5.74, 6) is -1.45. The molecule has 1 amide bonds. The molecule has 0 saturated heterocycles. The molecule has 2 aromatic carbocycles. The molecule has 5 nitrogen and oxygen atoms in total. The standard InChI is InChI=1S/C18H16FNO4/c19-16-4-2-1-3-14(16)9-10-20-17(22)12-24-18(23)15-7-5-13(11-21)6-8-15/h1-8,11H,9-10,12H2,(H,20,22). The molecule has 0 bridgehead atoms. The van der Waals surface area contributed by atoms with Crippen LogP contribution >= 0.6 is 0 Å². The number of hydrogen-bond donors (Lipinski definition) is 1. The minimum Gasteiger partial charge on any atom is -0.452 e. The van der Waals surface area contributed by atoms with Crippen LogP contribution in [0.15, 0.2) is 48.5 Å². The van der Waals surface area contributed by atoms with Crippen molar-refractivity contribution < 1.29 is 23.5 Å². The van der Waals surface area contributed by atoms with E-state index in [4.69, 9.17) is 4.74 Å². The molecule has 0 saturated carbocycles. The van der Waals surface area contributed by atoms with Crippen LogP contribution in [0.1, 0.15) is 26.3 Å². The summed E-state index contributed by atoms with van der Waals surface area (Å²) < 4.78 is 18.3. The van der Waals surface area contributed by atoms with Gasteiger partial charge in [0, 0.05) is 12.1 Å². The molecule has 0 aliphatic heterocycles. The van der Waals surface area contributed by atoms with Crippen molar-refractivity contribution in [3.8, 4) is 0 Å². The van der Waals surface area contributed by atoms with Crippen molar-refractivity contribution in [1.82, 2.24) is 5.32 Å². The normalized spacial score (nSPS) is 10.0. The highest BCUT2D eigenvalue weighted by molar-refractivity contribution is 5.92. The number of carbonyl (C=O) groups excluding carboxylic acids is 3. The van der Waals surface area contributed by atoms with E-state index in [0.717, 1.165) is 0 Å². The molecule has 0 unspecified atom stereocenters. The fraction of sp³-hybridized carbons (Fsp3) is 0.167. The first-order valence-corrected chi connectivity index (χ1v) is 7.32. The van der Waals surface area contributed by atoms with E-state index >= 15 is 0 Å². The lowest BCUT2D eigenvalue weighted by Crippen LogP contribution is -2.30. The molecule has 0 aromatic heterocycles. The Hall–Kier alpha value is -3.02. The van der Waals surface area contributed by atoms with Crippen LogP contribution in [0.25, 0.3) is 0 Å². The van der Waals surface area contributed by atoms with Gasteiger partial charge in [0.1, 0.15) is 12.1 Å². The third kappa shape index (κ3) is 5.01. The Morgan fingerprint density at radius 1 is 1.08 bits per heavy atom. The maximum absolute atomic E-state index is 13.4. The molecule has 0 aliphatic carbocycles. The van der Waals surface area contributed by atoms with Crippen LogP contribution in [0, 0.1) is 5.82 Å². The van der Waals surface area contributed by atoms with E-state index in [1.165, 1.54) is 30.3 Å². The first-order valence-electron chi connectivity index (χ1n) is 7.32. The molecule has 2 rings (SSSR count). The lowest BCUT2D eigenvalue weighted by Gasteiger charge is -2.07. The van der Waals surface area contributed by atoms with Crippen molar-refractivity contribution in [2.45, 2.75) is 6.42 Å². The average molecular weight is 329 g/mol. The van der Waals surface area contributed by atoms with Crippen molar-refractivity contribution in [2.75, 3.05) is 13.2 Å². The maximum atomic E-state index is 13.4. The lowest BCUT2D eigenvalue weighted by atomic mass is 10.1. The monoisotopic (exact) mass is 329 g/mol. The molecule has 0 aliphatic rings. The van der Waals surface area contributed by atoms with E-state index in [1.54, 1.807) is 18.2 Å². The molecule has 0 fully saturated rings. The summed E-state index contributed by atoms with van der Waals surface area (Å²) in [7, 11) is 0. The minimum atomic E-state index is -0.656. The van der Waals surface area contributed by atoms with E-state index in [-0.39, 0.29) is 17.9 Å². The van der Waals surface area contributed by atoms with Gasteiger partial charge in [0.2, 0.25) is 0 Å². The topological polar surface area (TPSA) is 72.5 Å². The van der Waals surface area contributed by atoms with Crippen LogP contribution in [0.3, 0.4) is 0 Å². The molecule has 0 heterocycles. The lowest BCUT2D eigenvalue weighted by molar-refractivity contribution is -0.124. The molecule has 2 aromatic rings. The van der Waals surface area contributed by atoms with Gasteiger partial charge in [-0.15, -0.1) is 0 Å². The number of carbonyl (C=O) groups is 3. The van der Waals surface area contributed by atoms with Crippen LogP contribution in [0.5, 0.6) is 0 Å². The van der Waals surface area contributed by atoms with Crippen LogP contribution in [0.2, 0.25) is 0 Å². The van der Waals surface area contributed by atoms with Gasteiger partial charge in [0.25, 0.3) is 5.91 Å². The Bertz CT molecular complexity index is 728. The van der Waals surface area contributed by atoms with Crippen molar-refractivity contribution in [2.24, 2.45) is 0 Å². The van der Waals surface area contributed by atoms with Crippen LogP contribution in [-0.2, 0) is 16.0 Å². The summed E-state index contributed by atoms with van der Waals surface area (Å²) in [6.45, 7) is -0.184. The second kappa shape index (κ2) is 8.57. The summed E-state index contributed by atoms with van der Waals surface area (Å²) in [6.07, 6.45) is 1.01. The fourth-order valence-electron chi connectivity index (χ4n) is 2.00. The molecule has 24 heavy (non-hydrogen) atoms. The Kier molecular flexibility index (Phi) is 6.19. The van der Waals surface area contributed by atoms with Gasteiger partial charge < -0.3 is 10.1 Å². The summed E-state index contributed by atoms with van der Waals surface area (Å²) in [5.41, 5.74) is 1.20. The van der Waals surface area contributed by atoms with Gasteiger partial charge >= 0.3 is 5.97 Å². The molecular formula is C18H16FNO4. The Labute approximate surface area is 138 Å². The summed E-state index contributed by atoms with van der Waals surface area (Å²) in [6, 6.07) is 12.2. The van der Waals surface area contributed by atoms with Gasteiger partial charge in [0.05, 0.1) is 5.56 Å². The second-order valence-electron chi connectivity index (χ2n) is 5.01. The largest absolute Gasteiger partial charge is 0.452 e.